The fourth-order valence-electron chi connectivity index (χ4n) is 3.57. The Kier molecular flexibility index (Phi) is 3.00. The molecule has 0 saturated carbocycles. The van der Waals surface area contributed by atoms with Crippen molar-refractivity contribution in [1.82, 2.24) is 20.0 Å². The Bertz CT molecular complexity index is 1060. The van der Waals surface area contributed by atoms with Crippen LogP contribution in [0.3, 0.4) is 0 Å². The monoisotopic (exact) mass is 334 g/mol. The fourth-order valence-corrected chi connectivity index (χ4v) is 3.76. The number of aromatic nitrogens is 4. The number of rotatable bonds is 2. The highest BCUT2D eigenvalue weighted by Crippen LogP contribution is 2.38. The molecule has 1 N–H and O–H groups in total. The second-order valence-corrected chi connectivity index (χ2v) is 6.62. The van der Waals surface area contributed by atoms with Crippen molar-refractivity contribution in [2.45, 2.75) is 19.4 Å². The largest absolute Gasteiger partial charge is 0.278 e. The van der Waals surface area contributed by atoms with E-state index in [0.29, 0.717) is 0 Å². The van der Waals surface area contributed by atoms with Crippen molar-refractivity contribution < 1.29 is 0 Å². The van der Waals surface area contributed by atoms with Gasteiger partial charge < -0.3 is 0 Å². The molecule has 24 heavy (non-hydrogen) atoms. The summed E-state index contributed by atoms with van der Waals surface area (Å²) in [7, 11) is 0. The Morgan fingerprint density at radius 2 is 2.04 bits per heavy atom. The molecule has 0 unspecified atom stereocenters. The first-order chi connectivity index (χ1) is 11.8. The molecule has 0 fully saturated rings. The van der Waals surface area contributed by atoms with E-state index in [1.165, 1.54) is 16.8 Å². The minimum absolute atomic E-state index is 0.733. The number of hydrogen-bond donors (Lipinski definition) is 1. The van der Waals surface area contributed by atoms with Crippen LogP contribution in [0.15, 0.2) is 48.7 Å². The first-order valence-corrected chi connectivity index (χ1v) is 8.46. The first-order valence-electron chi connectivity index (χ1n) is 8.09. The van der Waals surface area contributed by atoms with E-state index < -0.39 is 0 Å². The van der Waals surface area contributed by atoms with Gasteiger partial charge in [0.05, 0.1) is 11.7 Å². The van der Waals surface area contributed by atoms with Crippen LogP contribution in [0.4, 0.5) is 0 Å². The molecule has 0 spiro atoms. The van der Waals surface area contributed by atoms with Gasteiger partial charge in [-0.3, -0.25) is 9.78 Å². The third-order valence-electron chi connectivity index (χ3n) is 4.67. The molecule has 0 aliphatic carbocycles. The molecule has 0 atom stereocenters. The maximum atomic E-state index is 6.20. The highest BCUT2D eigenvalue weighted by Gasteiger charge is 2.24. The van der Waals surface area contributed by atoms with Gasteiger partial charge in [0, 0.05) is 33.8 Å². The zero-order chi connectivity index (χ0) is 16.1. The summed E-state index contributed by atoms with van der Waals surface area (Å²) in [4.78, 5) is 0. The van der Waals surface area contributed by atoms with E-state index in [9.17, 15) is 0 Å². The summed E-state index contributed by atoms with van der Waals surface area (Å²) in [6, 6.07) is 14.3. The van der Waals surface area contributed by atoms with Crippen molar-refractivity contribution in [3.8, 4) is 22.4 Å². The molecule has 5 heteroatoms. The lowest BCUT2D eigenvalue weighted by molar-refractivity contribution is 0.659. The predicted octanol–water partition coefficient (Wildman–Crippen LogP) is 4.69. The number of nitrogens with one attached hydrogen (secondary N) is 1. The zero-order valence-electron chi connectivity index (χ0n) is 13.0. The second-order valence-electron chi connectivity index (χ2n) is 6.18. The standard InChI is InChI=1S/C19H15ClN4/c20-15-4-1-3-13(10-15)19-18(17-5-2-8-24(17)23-19)12-6-7-16-14(9-12)11-21-22-16/h1,3-4,6-7,9-11H,2,5,8H2,(H,21,22). The first kappa shape index (κ1) is 13.8. The normalized spacial score (nSPS) is 13.5. The molecule has 2 aromatic heterocycles. The van der Waals surface area contributed by atoms with E-state index >= 15 is 0 Å². The Hall–Kier alpha value is -2.59. The molecule has 4 nitrogen and oxygen atoms in total. The number of H-pyrrole nitrogens is 1. The van der Waals surface area contributed by atoms with Crippen molar-refractivity contribution in [1.29, 1.82) is 0 Å². The molecule has 0 bridgehead atoms. The van der Waals surface area contributed by atoms with Gasteiger partial charge in [0.2, 0.25) is 0 Å². The second kappa shape index (κ2) is 5.21. The lowest BCUT2D eigenvalue weighted by Crippen LogP contribution is -1.94. The summed E-state index contributed by atoms with van der Waals surface area (Å²) >= 11 is 6.20. The molecule has 3 heterocycles. The van der Waals surface area contributed by atoms with Gasteiger partial charge in [0.1, 0.15) is 5.69 Å². The molecule has 5 rings (SSSR count). The predicted molar refractivity (Wildman–Crippen MR) is 96.1 cm³/mol. The van der Waals surface area contributed by atoms with E-state index in [2.05, 4.69) is 39.1 Å². The van der Waals surface area contributed by atoms with Crippen LogP contribution < -0.4 is 0 Å². The van der Waals surface area contributed by atoms with E-state index in [1.54, 1.807) is 0 Å². The summed E-state index contributed by atoms with van der Waals surface area (Å²) < 4.78 is 2.14. The van der Waals surface area contributed by atoms with Gasteiger partial charge in [-0.1, -0.05) is 29.8 Å². The molecule has 0 saturated heterocycles. The van der Waals surface area contributed by atoms with Crippen LogP contribution in [0.5, 0.6) is 0 Å². The third-order valence-corrected chi connectivity index (χ3v) is 4.90. The van der Waals surface area contributed by atoms with E-state index in [-0.39, 0.29) is 0 Å². The quantitative estimate of drug-likeness (QED) is 0.578. The summed E-state index contributed by atoms with van der Waals surface area (Å²) in [5, 5.41) is 13.9. The van der Waals surface area contributed by atoms with Gasteiger partial charge in [0.15, 0.2) is 0 Å². The molecule has 2 aromatic carbocycles. The third kappa shape index (κ3) is 2.07. The molecule has 1 aliphatic rings. The van der Waals surface area contributed by atoms with Crippen molar-refractivity contribution in [3.63, 3.8) is 0 Å². The lowest BCUT2D eigenvalue weighted by atomic mass is 9.97. The molecule has 0 radical (unpaired) electrons. The van der Waals surface area contributed by atoms with Crippen molar-refractivity contribution in [2.24, 2.45) is 0 Å². The number of aromatic amines is 1. The average Bonchev–Trinajstić information content (AvgIpc) is 3.29. The number of halogens is 1. The van der Waals surface area contributed by atoms with Gasteiger partial charge in [-0.25, -0.2) is 0 Å². The van der Waals surface area contributed by atoms with Crippen molar-refractivity contribution in [3.05, 3.63) is 59.4 Å². The van der Waals surface area contributed by atoms with E-state index in [4.69, 9.17) is 16.7 Å². The number of hydrogen-bond acceptors (Lipinski definition) is 2. The van der Waals surface area contributed by atoms with Gasteiger partial charge in [-0.05, 0) is 42.7 Å². The zero-order valence-corrected chi connectivity index (χ0v) is 13.7. The number of aryl methyl sites for hydroxylation is 1. The smallest absolute Gasteiger partial charge is 0.100 e. The van der Waals surface area contributed by atoms with Gasteiger partial charge >= 0.3 is 0 Å². The summed E-state index contributed by atoms with van der Waals surface area (Å²) in [6.07, 6.45) is 4.08. The summed E-state index contributed by atoms with van der Waals surface area (Å²) in [6.45, 7) is 0.983. The fraction of sp³-hybridized carbons (Fsp3) is 0.158. The molecule has 0 amide bonds. The molecular formula is C19H15ClN4. The van der Waals surface area contributed by atoms with Gasteiger partial charge in [-0.2, -0.15) is 10.2 Å². The average molecular weight is 335 g/mol. The van der Waals surface area contributed by atoms with E-state index in [1.807, 2.05) is 24.4 Å². The van der Waals surface area contributed by atoms with Crippen LogP contribution >= 0.6 is 11.6 Å². The number of nitrogens with zero attached hydrogens (tertiary/aromatic N) is 3. The maximum absolute atomic E-state index is 6.20. The summed E-state index contributed by atoms with van der Waals surface area (Å²) in [5.41, 5.74) is 6.83. The van der Waals surface area contributed by atoms with Gasteiger partial charge in [-0.15, -0.1) is 0 Å². The van der Waals surface area contributed by atoms with Crippen LogP contribution in [-0.4, -0.2) is 20.0 Å². The van der Waals surface area contributed by atoms with Crippen LogP contribution in [0.1, 0.15) is 12.1 Å². The Morgan fingerprint density at radius 3 is 2.96 bits per heavy atom. The topological polar surface area (TPSA) is 46.5 Å². The maximum Gasteiger partial charge on any atom is 0.100 e. The van der Waals surface area contributed by atoms with Crippen LogP contribution in [0, 0.1) is 0 Å². The highest BCUT2D eigenvalue weighted by atomic mass is 35.5. The van der Waals surface area contributed by atoms with Gasteiger partial charge in [0.25, 0.3) is 0 Å². The molecule has 4 aromatic rings. The Morgan fingerprint density at radius 1 is 1.08 bits per heavy atom. The Labute approximate surface area is 144 Å². The van der Waals surface area contributed by atoms with E-state index in [0.717, 1.165) is 46.6 Å². The Balaban J connectivity index is 1.77. The molecular weight excluding hydrogens is 320 g/mol. The van der Waals surface area contributed by atoms with Crippen LogP contribution in [0.2, 0.25) is 5.02 Å². The minimum atomic E-state index is 0.733. The summed E-state index contributed by atoms with van der Waals surface area (Å²) in [5.74, 6) is 0. The SMILES string of the molecule is Clc1cccc(-c2nn3c(c2-c2ccc4[nH]ncc4c2)CCC3)c1. The highest BCUT2D eigenvalue weighted by molar-refractivity contribution is 6.30. The van der Waals surface area contributed by atoms with Crippen molar-refractivity contribution in [2.75, 3.05) is 0 Å². The van der Waals surface area contributed by atoms with Crippen LogP contribution in [0.25, 0.3) is 33.3 Å². The number of benzene rings is 2. The number of fused-ring (bicyclic) bond motifs is 2. The van der Waals surface area contributed by atoms with Crippen LogP contribution in [-0.2, 0) is 13.0 Å². The molecule has 118 valence electrons. The van der Waals surface area contributed by atoms with Crippen molar-refractivity contribution >= 4 is 22.5 Å². The molecule has 1 aliphatic heterocycles. The lowest BCUT2D eigenvalue weighted by Gasteiger charge is -2.06. The minimum Gasteiger partial charge on any atom is -0.278 e.